The van der Waals surface area contributed by atoms with Crippen LogP contribution in [0.1, 0.15) is 11.7 Å². The molecule has 0 aromatic heterocycles. The quantitative estimate of drug-likeness (QED) is 0.478. The Morgan fingerprint density at radius 3 is 2.88 bits per heavy atom. The van der Waals surface area contributed by atoms with Gasteiger partial charge in [0, 0.05) is 4.91 Å². The number of alkyl halides is 2. The number of aliphatic hydroxyl groups excluding tert-OH is 1. The molecule has 0 radical (unpaired) electrons. The summed E-state index contributed by atoms with van der Waals surface area (Å²) in [4.78, 5) is 2.49. The van der Waals surface area contributed by atoms with Crippen molar-refractivity contribution in [3.63, 3.8) is 0 Å². The zero-order valence-electron chi connectivity index (χ0n) is 8.12. The van der Waals surface area contributed by atoms with Gasteiger partial charge in [-0.25, -0.2) is 0 Å². The molecule has 0 heterocycles. The second kappa shape index (κ2) is 5.89. The van der Waals surface area contributed by atoms with Crippen molar-refractivity contribution >= 4 is 0 Å². The molecule has 0 aliphatic rings. The average Bonchev–Trinajstić information content (AvgIpc) is 2.25. The number of azide groups is 1. The SMILES string of the molecule is [N-]=[N+]=NCC(O)c1cccc(OC(F)F)c1. The fraction of sp³-hybridized carbons (Fsp3) is 0.333. The van der Waals surface area contributed by atoms with Crippen molar-refractivity contribution in [1.82, 2.24) is 0 Å². The van der Waals surface area contributed by atoms with Crippen molar-refractivity contribution < 1.29 is 18.6 Å². The van der Waals surface area contributed by atoms with Crippen LogP contribution in [0.4, 0.5) is 8.78 Å². The molecule has 0 saturated carbocycles. The first kappa shape index (κ1) is 12.2. The van der Waals surface area contributed by atoms with Gasteiger partial charge in [-0.05, 0) is 23.2 Å². The number of aliphatic hydroxyl groups is 1. The Labute approximate surface area is 89.9 Å². The number of rotatable bonds is 5. The Bertz CT molecular complexity index is 394. The summed E-state index contributed by atoms with van der Waals surface area (Å²) in [5.41, 5.74) is 8.41. The van der Waals surface area contributed by atoms with Gasteiger partial charge in [0.05, 0.1) is 12.6 Å². The molecule has 0 bridgehead atoms. The van der Waals surface area contributed by atoms with Crippen LogP contribution in [-0.4, -0.2) is 18.3 Å². The summed E-state index contributed by atoms with van der Waals surface area (Å²) in [6.07, 6.45) is -1.03. The number of ether oxygens (including phenoxy) is 1. The molecule has 0 aliphatic carbocycles. The van der Waals surface area contributed by atoms with Crippen LogP contribution >= 0.6 is 0 Å². The first-order valence-electron chi connectivity index (χ1n) is 4.37. The molecule has 0 saturated heterocycles. The molecule has 1 aromatic carbocycles. The standard InChI is InChI=1S/C9H9F2N3O2/c10-9(11)16-7-3-1-2-6(4-7)8(15)5-13-14-12/h1-4,8-9,15H,5H2. The van der Waals surface area contributed by atoms with Crippen molar-refractivity contribution in [1.29, 1.82) is 0 Å². The minimum Gasteiger partial charge on any atom is -0.435 e. The Morgan fingerprint density at radius 2 is 2.25 bits per heavy atom. The zero-order chi connectivity index (χ0) is 12.0. The summed E-state index contributed by atoms with van der Waals surface area (Å²) in [6, 6.07) is 5.60. The predicted octanol–water partition coefficient (Wildman–Crippen LogP) is 2.63. The van der Waals surface area contributed by atoms with Crippen LogP contribution in [0.2, 0.25) is 0 Å². The largest absolute Gasteiger partial charge is 0.435 e. The van der Waals surface area contributed by atoms with E-state index in [9.17, 15) is 13.9 Å². The van der Waals surface area contributed by atoms with Gasteiger partial charge in [-0.15, -0.1) is 0 Å². The van der Waals surface area contributed by atoms with E-state index in [-0.39, 0.29) is 12.3 Å². The third kappa shape index (κ3) is 3.72. The molecule has 5 nitrogen and oxygen atoms in total. The van der Waals surface area contributed by atoms with Gasteiger partial charge in [0.15, 0.2) is 0 Å². The van der Waals surface area contributed by atoms with Gasteiger partial charge in [-0.3, -0.25) is 0 Å². The van der Waals surface area contributed by atoms with Crippen molar-refractivity contribution in [2.75, 3.05) is 6.54 Å². The summed E-state index contributed by atoms with van der Waals surface area (Å²) in [5.74, 6) is -0.0486. The van der Waals surface area contributed by atoms with E-state index < -0.39 is 12.7 Å². The minimum atomic E-state index is -2.91. The van der Waals surface area contributed by atoms with Crippen molar-refractivity contribution in [3.05, 3.63) is 40.3 Å². The number of nitrogens with zero attached hydrogens (tertiary/aromatic N) is 3. The average molecular weight is 229 g/mol. The highest BCUT2D eigenvalue weighted by Crippen LogP contribution is 2.20. The second-order valence-corrected chi connectivity index (χ2v) is 2.88. The second-order valence-electron chi connectivity index (χ2n) is 2.88. The molecule has 7 heteroatoms. The molecule has 1 rings (SSSR count). The van der Waals surface area contributed by atoms with E-state index in [1.807, 2.05) is 0 Å². The highest BCUT2D eigenvalue weighted by molar-refractivity contribution is 5.30. The van der Waals surface area contributed by atoms with Crippen LogP contribution in [-0.2, 0) is 0 Å². The van der Waals surface area contributed by atoms with Crippen molar-refractivity contribution in [2.24, 2.45) is 5.11 Å². The fourth-order valence-electron chi connectivity index (χ4n) is 1.12. The summed E-state index contributed by atoms with van der Waals surface area (Å²) < 4.78 is 28.0. The third-order valence-corrected chi connectivity index (χ3v) is 1.79. The Balaban J connectivity index is 2.76. The summed E-state index contributed by atoms with van der Waals surface area (Å²) >= 11 is 0. The highest BCUT2D eigenvalue weighted by Gasteiger charge is 2.09. The molecule has 86 valence electrons. The lowest BCUT2D eigenvalue weighted by Gasteiger charge is -2.10. The number of hydrogen-bond donors (Lipinski definition) is 1. The first-order valence-corrected chi connectivity index (χ1v) is 4.37. The topological polar surface area (TPSA) is 78.2 Å². The van der Waals surface area contributed by atoms with Crippen molar-refractivity contribution in [3.8, 4) is 5.75 Å². The number of benzene rings is 1. The number of halogens is 2. The van der Waals surface area contributed by atoms with Crippen LogP contribution in [0.15, 0.2) is 29.4 Å². The molecule has 1 atom stereocenters. The minimum absolute atomic E-state index is 0.0486. The van der Waals surface area contributed by atoms with E-state index >= 15 is 0 Å². The first-order chi connectivity index (χ1) is 7.63. The Kier molecular flexibility index (Phi) is 4.50. The molecular formula is C9H9F2N3O2. The lowest BCUT2D eigenvalue weighted by molar-refractivity contribution is -0.0499. The zero-order valence-corrected chi connectivity index (χ0v) is 8.12. The maximum Gasteiger partial charge on any atom is 0.387 e. The lowest BCUT2D eigenvalue weighted by Crippen LogP contribution is -2.04. The van der Waals surface area contributed by atoms with E-state index in [0.29, 0.717) is 5.56 Å². The van der Waals surface area contributed by atoms with E-state index in [2.05, 4.69) is 14.8 Å². The van der Waals surface area contributed by atoms with E-state index in [1.54, 1.807) is 0 Å². The van der Waals surface area contributed by atoms with Gasteiger partial charge < -0.3 is 9.84 Å². The van der Waals surface area contributed by atoms with Gasteiger partial charge in [-0.2, -0.15) is 8.78 Å². The van der Waals surface area contributed by atoms with Crippen LogP contribution in [0.5, 0.6) is 5.75 Å². The van der Waals surface area contributed by atoms with Gasteiger partial charge >= 0.3 is 6.61 Å². The predicted molar refractivity (Wildman–Crippen MR) is 52.0 cm³/mol. The van der Waals surface area contributed by atoms with E-state index in [1.165, 1.54) is 24.3 Å². The van der Waals surface area contributed by atoms with E-state index in [4.69, 9.17) is 5.53 Å². The highest BCUT2D eigenvalue weighted by atomic mass is 19.3. The van der Waals surface area contributed by atoms with Gasteiger partial charge in [0.1, 0.15) is 5.75 Å². The Hall–Kier alpha value is -1.85. The lowest BCUT2D eigenvalue weighted by atomic mass is 10.1. The van der Waals surface area contributed by atoms with Crippen molar-refractivity contribution in [2.45, 2.75) is 12.7 Å². The van der Waals surface area contributed by atoms with Gasteiger partial charge in [0.2, 0.25) is 0 Å². The van der Waals surface area contributed by atoms with Crippen LogP contribution in [0, 0.1) is 0 Å². The maximum atomic E-state index is 11.9. The third-order valence-electron chi connectivity index (χ3n) is 1.79. The monoisotopic (exact) mass is 229 g/mol. The molecule has 1 unspecified atom stereocenters. The fourth-order valence-corrected chi connectivity index (χ4v) is 1.12. The van der Waals surface area contributed by atoms with Gasteiger partial charge in [0.25, 0.3) is 0 Å². The van der Waals surface area contributed by atoms with Crippen LogP contribution in [0.3, 0.4) is 0 Å². The molecule has 1 N–H and O–H groups in total. The molecule has 0 amide bonds. The van der Waals surface area contributed by atoms with E-state index in [0.717, 1.165) is 0 Å². The maximum absolute atomic E-state index is 11.9. The molecular weight excluding hydrogens is 220 g/mol. The normalized spacial score (nSPS) is 12.0. The smallest absolute Gasteiger partial charge is 0.387 e. The number of hydrogen-bond acceptors (Lipinski definition) is 3. The van der Waals surface area contributed by atoms with Crippen LogP contribution < -0.4 is 4.74 Å². The van der Waals surface area contributed by atoms with Crippen LogP contribution in [0.25, 0.3) is 10.4 Å². The molecule has 1 aromatic rings. The molecule has 16 heavy (non-hydrogen) atoms. The summed E-state index contributed by atoms with van der Waals surface area (Å²) in [5, 5.41) is 12.7. The Morgan fingerprint density at radius 1 is 1.50 bits per heavy atom. The molecule has 0 spiro atoms. The summed E-state index contributed by atoms with van der Waals surface area (Å²) in [6.45, 7) is -3.07. The molecule has 0 aliphatic heterocycles. The molecule has 0 fully saturated rings. The van der Waals surface area contributed by atoms with Gasteiger partial charge in [-0.1, -0.05) is 17.2 Å². The summed E-state index contributed by atoms with van der Waals surface area (Å²) in [7, 11) is 0.